The second kappa shape index (κ2) is 7.29. The van der Waals surface area contributed by atoms with Crippen LogP contribution in [0.25, 0.3) is 0 Å². The number of hydrogen-bond donors (Lipinski definition) is 1. The largest absolute Gasteiger partial charge is 0.311 e. The maximum atomic E-state index is 5.76. The number of rotatable bonds is 3. The molecule has 0 spiro atoms. The molecule has 1 saturated carbocycles. The molecule has 0 aromatic rings. The minimum atomic E-state index is 0.320. The molecule has 116 valence electrons. The van der Waals surface area contributed by atoms with Crippen molar-refractivity contribution >= 4 is 11.6 Å². The minimum absolute atomic E-state index is 0.320. The molecule has 1 saturated heterocycles. The lowest BCUT2D eigenvalue weighted by Gasteiger charge is -2.48. The summed E-state index contributed by atoms with van der Waals surface area (Å²) in [6.07, 6.45) is 9.19. The number of hydrogen-bond acceptors (Lipinski definition) is 2. The summed E-state index contributed by atoms with van der Waals surface area (Å²) in [7, 11) is 0. The Morgan fingerprint density at radius 3 is 2.50 bits per heavy atom. The van der Waals surface area contributed by atoms with Crippen molar-refractivity contribution in [1.29, 1.82) is 0 Å². The van der Waals surface area contributed by atoms with Crippen LogP contribution in [0.15, 0.2) is 11.6 Å². The first-order valence-electron chi connectivity index (χ1n) is 8.25. The van der Waals surface area contributed by atoms with E-state index in [1.165, 1.54) is 32.1 Å². The Balaban J connectivity index is 2.02. The van der Waals surface area contributed by atoms with Gasteiger partial charge in [0, 0.05) is 37.3 Å². The Bertz CT molecular complexity index is 315. The van der Waals surface area contributed by atoms with Crippen molar-refractivity contribution in [1.82, 2.24) is 10.2 Å². The van der Waals surface area contributed by atoms with Crippen LogP contribution in [-0.2, 0) is 0 Å². The van der Waals surface area contributed by atoms with Gasteiger partial charge in [-0.05, 0) is 24.2 Å². The molecule has 2 nitrogen and oxygen atoms in total. The fraction of sp³-hybridized carbons (Fsp3) is 0.882. The smallest absolute Gasteiger partial charge is 0.0252 e. The van der Waals surface area contributed by atoms with Crippen LogP contribution in [0.5, 0.6) is 0 Å². The van der Waals surface area contributed by atoms with E-state index in [-0.39, 0.29) is 0 Å². The average molecular weight is 299 g/mol. The van der Waals surface area contributed by atoms with E-state index < -0.39 is 0 Å². The maximum absolute atomic E-state index is 5.76. The summed E-state index contributed by atoms with van der Waals surface area (Å²) in [5, 5.41) is 3.81. The number of nitrogens with zero attached hydrogens (tertiary/aromatic N) is 1. The fourth-order valence-electron chi connectivity index (χ4n) is 3.78. The molecular formula is C17H31ClN2. The summed E-state index contributed by atoms with van der Waals surface area (Å²) in [4.78, 5) is 2.67. The van der Waals surface area contributed by atoms with Crippen molar-refractivity contribution in [3.05, 3.63) is 11.6 Å². The second-order valence-electron chi connectivity index (χ2n) is 7.61. The van der Waals surface area contributed by atoms with Gasteiger partial charge in [0.2, 0.25) is 0 Å². The summed E-state index contributed by atoms with van der Waals surface area (Å²) in [5.41, 5.74) is 1.99. The molecule has 3 heteroatoms. The lowest BCUT2D eigenvalue weighted by molar-refractivity contribution is 0.0530. The first-order chi connectivity index (χ1) is 9.52. The second-order valence-corrected chi connectivity index (χ2v) is 7.86. The first kappa shape index (κ1) is 16.3. The average Bonchev–Trinajstić information content (AvgIpc) is 2.45. The highest BCUT2D eigenvalue weighted by Crippen LogP contribution is 2.32. The molecular weight excluding hydrogens is 268 g/mol. The molecule has 2 rings (SSSR count). The van der Waals surface area contributed by atoms with Gasteiger partial charge in [0.05, 0.1) is 0 Å². The molecule has 2 aliphatic rings. The van der Waals surface area contributed by atoms with Gasteiger partial charge in [-0.1, -0.05) is 57.7 Å². The van der Waals surface area contributed by atoms with Crippen molar-refractivity contribution in [2.24, 2.45) is 11.3 Å². The lowest BCUT2D eigenvalue weighted by atomic mass is 9.79. The first-order valence-corrected chi connectivity index (χ1v) is 8.68. The molecule has 1 aliphatic heterocycles. The third-order valence-corrected chi connectivity index (χ3v) is 5.31. The number of piperazine rings is 1. The molecule has 0 bridgehead atoms. The van der Waals surface area contributed by atoms with Gasteiger partial charge in [-0.2, -0.15) is 0 Å². The van der Waals surface area contributed by atoms with Gasteiger partial charge in [-0.3, -0.25) is 4.90 Å². The number of halogens is 1. The zero-order valence-corrected chi connectivity index (χ0v) is 14.1. The highest BCUT2D eigenvalue weighted by molar-refractivity contribution is 6.25. The monoisotopic (exact) mass is 298 g/mol. The van der Waals surface area contributed by atoms with Gasteiger partial charge >= 0.3 is 0 Å². The van der Waals surface area contributed by atoms with E-state index in [1.807, 2.05) is 0 Å². The molecule has 2 atom stereocenters. The van der Waals surface area contributed by atoms with Crippen LogP contribution in [0.2, 0.25) is 0 Å². The van der Waals surface area contributed by atoms with E-state index in [0.717, 1.165) is 25.6 Å². The molecule has 2 fully saturated rings. The van der Waals surface area contributed by atoms with Gasteiger partial charge in [0.1, 0.15) is 0 Å². The van der Waals surface area contributed by atoms with E-state index in [4.69, 9.17) is 11.6 Å². The molecule has 20 heavy (non-hydrogen) atoms. The normalized spacial score (nSPS) is 31.0. The SMILES string of the molecule is CC(C)(C)C1CN(C/C=C/Cl)C(C2CCCCC2)CN1. The fourth-order valence-corrected chi connectivity index (χ4v) is 3.86. The molecule has 0 amide bonds. The van der Waals surface area contributed by atoms with Gasteiger partial charge < -0.3 is 5.32 Å². The van der Waals surface area contributed by atoms with Crippen LogP contribution in [0.1, 0.15) is 52.9 Å². The predicted octanol–water partition coefficient (Wildman–Crippen LogP) is 4.01. The minimum Gasteiger partial charge on any atom is -0.311 e. The van der Waals surface area contributed by atoms with Crippen LogP contribution in [0, 0.1) is 11.3 Å². The molecule has 1 aliphatic carbocycles. The van der Waals surface area contributed by atoms with Crippen LogP contribution in [-0.4, -0.2) is 36.6 Å². The Morgan fingerprint density at radius 2 is 1.90 bits per heavy atom. The van der Waals surface area contributed by atoms with Gasteiger partial charge in [-0.25, -0.2) is 0 Å². The molecule has 1 heterocycles. The Kier molecular flexibility index (Phi) is 5.95. The van der Waals surface area contributed by atoms with Crippen LogP contribution >= 0.6 is 11.6 Å². The van der Waals surface area contributed by atoms with Crippen molar-refractivity contribution in [2.75, 3.05) is 19.6 Å². The lowest BCUT2D eigenvalue weighted by Crippen LogP contribution is -2.62. The van der Waals surface area contributed by atoms with E-state index in [9.17, 15) is 0 Å². The third-order valence-electron chi connectivity index (χ3n) is 5.13. The highest BCUT2D eigenvalue weighted by Gasteiger charge is 2.37. The Labute approximate surface area is 129 Å². The van der Waals surface area contributed by atoms with Gasteiger partial charge in [-0.15, -0.1) is 0 Å². The highest BCUT2D eigenvalue weighted by atomic mass is 35.5. The standard InChI is InChI=1S/C17H31ClN2/c1-17(2,3)16-13-20(11-7-10-18)15(12-19-16)14-8-5-4-6-9-14/h7,10,14-16,19H,4-6,8-9,11-13H2,1-3H3/b10-7+. The third kappa shape index (κ3) is 4.22. The molecule has 0 aromatic heterocycles. The summed E-state index contributed by atoms with van der Waals surface area (Å²) in [6.45, 7) is 10.3. The zero-order chi connectivity index (χ0) is 14.6. The van der Waals surface area contributed by atoms with Crippen LogP contribution < -0.4 is 5.32 Å². The van der Waals surface area contributed by atoms with E-state index in [2.05, 4.69) is 37.1 Å². The quantitative estimate of drug-likeness (QED) is 0.847. The van der Waals surface area contributed by atoms with Crippen molar-refractivity contribution in [3.8, 4) is 0 Å². The Hall–Kier alpha value is -0.0500. The zero-order valence-electron chi connectivity index (χ0n) is 13.4. The number of nitrogens with one attached hydrogen (secondary N) is 1. The van der Waals surface area contributed by atoms with Crippen LogP contribution in [0.3, 0.4) is 0 Å². The summed E-state index contributed by atoms with van der Waals surface area (Å²) >= 11 is 5.76. The van der Waals surface area contributed by atoms with Crippen molar-refractivity contribution < 1.29 is 0 Å². The van der Waals surface area contributed by atoms with E-state index >= 15 is 0 Å². The molecule has 1 N–H and O–H groups in total. The molecule has 2 unspecified atom stereocenters. The van der Waals surface area contributed by atoms with Gasteiger partial charge in [0.25, 0.3) is 0 Å². The molecule has 0 radical (unpaired) electrons. The van der Waals surface area contributed by atoms with Crippen LogP contribution in [0.4, 0.5) is 0 Å². The summed E-state index contributed by atoms with van der Waals surface area (Å²) in [6, 6.07) is 1.27. The summed E-state index contributed by atoms with van der Waals surface area (Å²) < 4.78 is 0. The van der Waals surface area contributed by atoms with Gasteiger partial charge in [0.15, 0.2) is 0 Å². The Morgan fingerprint density at radius 1 is 1.20 bits per heavy atom. The predicted molar refractivity (Wildman–Crippen MR) is 88.2 cm³/mol. The topological polar surface area (TPSA) is 15.3 Å². The summed E-state index contributed by atoms with van der Waals surface area (Å²) in [5.74, 6) is 0.876. The van der Waals surface area contributed by atoms with E-state index in [1.54, 1.807) is 5.54 Å². The molecule has 0 aromatic carbocycles. The van der Waals surface area contributed by atoms with Crippen molar-refractivity contribution in [2.45, 2.75) is 65.0 Å². The maximum Gasteiger partial charge on any atom is 0.0252 e. The van der Waals surface area contributed by atoms with E-state index in [0.29, 0.717) is 17.5 Å². The van der Waals surface area contributed by atoms with Crippen molar-refractivity contribution in [3.63, 3.8) is 0 Å².